The van der Waals surface area contributed by atoms with Crippen LogP contribution in [0.5, 0.6) is 0 Å². The van der Waals surface area contributed by atoms with Crippen molar-refractivity contribution < 1.29 is 4.79 Å². The summed E-state index contributed by atoms with van der Waals surface area (Å²) < 4.78 is 0. The number of amides is 1. The number of nitrogens with zero attached hydrogens (tertiary/aromatic N) is 3. The minimum atomic E-state index is -0.196. The number of nitrogen functional groups attached to an aromatic ring is 1. The highest BCUT2D eigenvalue weighted by Crippen LogP contribution is 2.24. The summed E-state index contributed by atoms with van der Waals surface area (Å²) >= 11 is 0. The van der Waals surface area contributed by atoms with Crippen molar-refractivity contribution in [1.29, 1.82) is 0 Å². The molecule has 0 saturated carbocycles. The molecule has 2 aromatic rings. The van der Waals surface area contributed by atoms with Crippen molar-refractivity contribution in [3.8, 4) is 0 Å². The molecular formula is C16H19N5O. The third kappa shape index (κ3) is 3.16. The Hall–Kier alpha value is -2.63. The van der Waals surface area contributed by atoms with Crippen molar-refractivity contribution in [1.82, 2.24) is 15.3 Å². The van der Waals surface area contributed by atoms with Crippen molar-refractivity contribution in [2.24, 2.45) is 0 Å². The van der Waals surface area contributed by atoms with Crippen LogP contribution in [0.2, 0.25) is 0 Å². The van der Waals surface area contributed by atoms with E-state index in [1.807, 2.05) is 35.2 Å². The average molecular weight is 297 g/mol. The summed E-state index contributed by atoms with van der Waals surface area (Å²) in [4.78, 5) is 22.6. The van der Waals surface area contributed by atoms with Gasteiger partial charge >= 0.3 is 0 Å². The Kier molecular flexibility index (Phi) is 4.18. The minimum absolute atomic E-state index is 0.0264. The van der Waals surface area contributed by atoms with Gasteiger partial charge in [-0.2, -0.15) is 0 Å². The van der Waals surface area contributed by atoms with Crippen LogP contribution in [0.15, 0.2) is 42.7 Å². The summed E-state index contributed by atoms with van der Waals surface area (Å²) in [6.45, 7) is 1.34. The number of hydrogen-bond acceptors (Lipinski definition) is 5. The van der Waals surface area contributed by atoms with E-state index >= 15 is 0 Å². The first-order valence-electron chi connectivity index (χ1n) is 7.40. The van der Waals surface area contributed by atoms with E-state index in [2.05, 4.69) is 15.3 Å². The Morgan fingerprint density at radius 3 is 2.91 bits per heavy atom. The zero-order valence-corrected chi connectivity index (χ0v) is 12.3. The summed E-state index contributed by atoms with van der Waals surface area (Å²) in [5.41, 5.74) is 6.79. The largest absolute Gasteiger partial charge is 0.384 e. The molecule has 1 atom stereocenters. The van der Waals surface area contributed by atoms with E-state index < -0.39 is 0 Å². The normalized spacial score (nSPS) is 17.5. The van der Waals surface area contributed by atoms with Gasteiger partial charge in [-0.05, 0) is 18.4 Å². The first kappa shape index (κ1) is 14.3. The van der Waals surface area contributed by atoms with Crippen molar-refractivity contribution in [3.63, 3.8) is 0 Å². The van der Waals surface area contributed by atoms with E-state index in [0.29, 0.717) is 18.2 Å². The molecule has 1 aliphatic rings. The van der Waals surface area contributed by atoms with Crippen molar-refractivity contribution in [2.45, 2.75) is 25.4 Å². The predicted octanol–water partition coefficient (Wildman–Crippen LogP) is 1.34. The van der Waals surface area contributed by atoms with E-state index in [1.54, 1.807) is 6.07 Å². The van der Waals surface area contributed by atoms with Gasteiger partial charge < -0.3 is 16.0 Å². The molecule has 0 spiro atoms. The molecule has 3 N–H and O–H groups in total. The second kappa shape index (κ2) is 6.43. The zero-order chi connectivity index (χ0) is 15.4. The third-order valence-electron chi connectivity index (χ3n) is 3.83. The Balaban J connectivity index is 1.66. The number of carbonyl (C=O) groups is 1. The molecule has 22 heavy (non-hydrogen) atoms. The molecule has 0 bridgehead atoms. The molecule has 0 radical (unpaired) electrons. The zero-order valence-electron chi connectivity index (χ0n) is 12.3. The molecule has 1 saturated heterocycles. The predicted molar refractivity (Wildman–Crippen MR) is 85.1 cm³/mol. The molecule has 1 aromatic heterocycles. The van der Waals surface area contributed by atoms with Crippen LogP contribution in [-0.4, -0.2) is 28.5 Å². The Morgan fingerprint density at radius 2 is 2.14 bits per heavy atom. The van der Waals surface area contributed by atoms with E-state index in [0.717, 1.165) is 24.9 Å². The second-order valence-corrected chi connectivity index (χ2v) is 5.36. The number of hydrogen-bond donors (Lipinski definition) is 2. The number of rotatable bonds is 4. The fourth-order valence-corrected chi connectivity index (χ4v) is 2.73. The third-order valence-corrected chi connectivity index (χ3v) is 3.83. The Bertz CT molecular complexity index is 646. The number of carbonyl (C=O) groups excluding carboxylic acids is 1. The quantitative estimate of drug-likeness (QED) is 0.890. The van der Waals surface area contributed by atoms with E-state index in [9.17, 15) is 4.79 Å². The molecule has 1 amide bonds. The lowest BCUT2D eigenvalue weighted by Gasteiger charge is -2.24. The Morgan fingerprint density at radius 1 is 1.32 bits per heavy atom. The van der Waals surface area contributed by atoms with Crippen LogP contribution >= 0.6 is 0 Å². The highest BCUT2D eigenvalue weighted by atomic mass is 16.2. The number of nitrogens with two attached hydrogens (primary N) is 1. The lowest BCUT2D eigenvalue weighted by Crippen LogP contribution is -2.43. The molecule has 1 fully saturated rings. The maximum Gasteiger partial charge on any atom is 0.243 e. The van der Waals surface area contributed by atoms with E-state index in [1.165, 1.54) is 6.33 Å². The summed E-state index contributed by atoms with van der Waals surface area (Å²) in [7, 11) is 0. The second-order valence-electron chi connectivity index (χ2n) is 5.36. The summed E-state index contributed by atoms with van der Waals surface area (Å²) in [6.07, 6.45) is 3.22. The van der Waals surface area contributed by atoms with Crippen molar-refractivity contribution in [3.05, 3.63) is 48.3 Å². The number of nitrogens with one attached hydrogen (secondary N) is 1. The molecule has 1 unspecified atom stereocenters. The average Bonchev–Trinajstić information content (AvgIpc) is 3.03. The maximum atomic E-state index is 12.5. The Labute approximate surface area is 129 Å². The topological polar surface area (TPSA) is 84.1 Å². The van der Waals surface area contributed by atoms with Gasteiger partial charge in [-0.15, -0.1) is 0 Å². The van der Waals surface area contributed by atoms with Crippen LogP contribution in [0.4, 0.5) is 11.6 Å². The molecule has 0 aliphatic carbocycles. The highest BCUT2D eigenvalue weighted by molar-refractivity contribution is 5.85. The monoisotopic (exact) mass is 297 g/mol. The molecule has 1 aromatic carbocycles. The van der Waals surface area contributed by atoms with Crippen LogP contribution in [-0.2, 0) is 11.3 Å². The molecule has 2 heterocycles. The van der Waals surface area contributed by atoms with Crippen molar-refractivity contribution in [2.75, 3.05) is 17.2 Å². The van der Waals surface area contributed by atoms with Crippen molar-refractivity contribution >= 4 is 17.5 Å². The molecule has 1 aliphatic heterocycles. The molecule has 6 nitrogen and oxygen atoms in total. The molecule has 3 rings (SSSR count). The minimum Gasteiger partial charge on any atom is -0.384 e. The maximum absolute atomic E-state index is 12.5. The lowest BCUT2D eigenvalue weighted by molar-refractivity contribution is -0.122. The SMILES string of the molecule is Nc1cc(N2CCCC2C(=O)NCc2ccccc2)ncn1. The van der Waals surface area contributed by atoms with Gasteiger partial charge in [0.05, 0.1) is 0 Å². The molecule has 114 valence electrons. The van der Waals surface area contributed by atoms with Gasteiger partial charge in [-0.25, -0.2) is 9.97 Å². The standard InChI is InChI=1S/C16H19N5O/c17-14-9-15(20-11-19-14)21-8-4-7-13(21)16(22)18-10-12-5-2-1-3-6-12/h1-3,5-6,9,11,13H,4,7-8,10H2,(H,18,22)(H2,17,19,20). The van der Waals surface area contributed by atoms with Gasteiger partial charge in [0.15, 0.2) is 0 Å². The van der Waals surface area contributed by atoms with Gasteiger partial charge in [-0.3, -0.25) is 4.79 Å². The number of benzene rings is 1. The summed E-state index contributed by atoms with van der Waals surface area (Å²) in [5.74, 6) is 1.16. The summed E-state index contributed by atoms with van der Waals surface area (Å²) in [6, 6.07) is 11.4. The van der Waals surface area contributed by atoms with Crippen LogP contribution < -0.4 is 16.0 Å². The van der Waals surface area contributed by atoms with Crippen LogP contribution in [0.25, 0.3) is 0 Å². The fraction of sp³-hybridized carbons (Fsp3) is 0.312. The first-order chi connectivity index (χ1) is 10.7. The van der Waals surface area contributed by atoms with E-state index in [4.69, 9.17) is 5.73 Å². The number of anilines is 2. The van der Waals surface area contributed by atoms with Crippen LogP contribution in [0.3, 0.4) is 0 Å². The van der Waals surface area contributed by atoms with Crippen LogP contribution in [0, 0.1) is 0 Å². The van der Waals surface area contributed by atoms with Gasteiger partial charge in [-0.1, -0.05) is 30.3 Å². The van der Waals surface area contributed by atoms with E-state index in [-0.39, 0.29) is 11.9 Å². The van der Waals surface area contributed by atoms with Crippen LogP contribution in [0.1, 0.15) is 18.4 Å². The molecule has 6 heteroatoms. The smallest absolute Gasteiger partial charge is 0.243 e. The highest BCUT2D eigenvalue weighted by Gasteiger charge is 2.31. The van der Waals surface area contributed by atoms with Gasteiger partial charge in [0.2, 0.25) is 5.91 Å². The number of aromatic nitrogens is 2. The molecular weight excluding hydrogens is 278 g/mol. The summed E-state index contributed by atoms with van der Waals surface area (Å²) in [5, 5.41) is 3.00. The van der Waals surface area contributed by atoms with Gasteiger partial charge in [0, 0.05) is 19.2 Å². The fourth-order valence-electron chi connectivity index (χ4n) is 2.73. The lowest BCUT2D eigenvalue weighted by atomic mass is 10.2. The first-order valence-corrected chi connectivity index (χ1v) is 7.40. The van der Waals surface area contributed by atoms with Gasteiger partial charge in [0.1, 0.15) is 24.0 Å². The van der Waals surface area contributed by atoms with Gasteiger partial charge in [0.25, 0.3) is 0 Å².